The van der Waals surface area contributed by atoms with Gasteiger partial charge in [-0.15, -0.1) is 0 Å². The van der Waals surface area contributed by atoms with Crippen molar-refractivity contribution in [3.8, 4) is 0 Å². The van der Waals surface area contributed by atoms with Crippen LogP contribution in [0.25, 0.3) is 0 Å². The second-order valence-electron chi connectivity index (χ2n) is 18.9. The molecule has 61 heavy (non-hydrogen) atoms. The molecule has 0 saturated carbocycles. The second-order valence-corrected chi connectivity index (χ2v) is 20.3. The SMILES string of the molecule is CCCCCCCCCCCC/C=C\CCCCCCCCCC(=O)NC(COP(=O)([O-])OCC[N+](C)(C)C)C(O)/C=C/CC/C=C/CCCCCCCCCCCCCC. The first-order valence-corrected chi connectivity index (χ1v) is 27.3. The summed E-state index contributed by atoms with van der Waals surface area (Å²) in [5, 5.41) is 13.8. The lowest BCUT2D eigenvalue weighted by Crippen LogP contribution is -2.45. The number of rotatable bonds is 47. The van der Waals surface area contributed by atoms with E-state index in [0.717, 1.165) is 38.5 Å². The summed E-state index contributed by atoms with van der Waals surface area (Å²) in [5.41, 5.74) is 0. The number of allylic oxidation sites excluding steroid dienone is 5. The zero-order chi connectivity index (χ0) is 45.0. The van der Waals surface area contributed by atoms with Crippen molar-refractivity contribution >= 4 is 13.7 Å². The highest BCUT2D eigenvalue weighted by Crippen LogP contribution is 2.38. The monoisotopic (exact) mass is 881 g/mol. The smallest absolute Gasteiger partial charge is 0.268 e. The van der Waals surface area contributed by atoms with Crippen LogP contribution in [0.4, 0.5) is 0 Å². The molecule has 0 heterocycles. The van der Waals surface area contributed by atoms with E-state index in [1.165, 1.54) is 180 Å². The quantitative estimate of drug-likeness (QED) is 0.0273. The summed E-state index contributed by atoms with van der Waals surface area (Å²) in [6.07, 6.45) is 54.9. The Kier molecular flexibility index (Phi) is 43.0. The van der Waals surface area contributed by atoms with Crippen molar-refractivity contribution in [2.45, 2.75) is 251 Å². The molecular formula is C52H101N2O6P. The summed E-state index contributed by atoms with van der Waals surface area (Å²) in [6.45, 7) is 4.64. The van der Waals surface area contributed by atoms with E-state index in [2.05, 4.69) is 43.5 Å². The number of phosphoric ester groups is 1. The van der Waals surface area contributed by atoms with Crippen molar-refractivity contribution < 1.29 is 32.9 Å². The molecule has 0 rings (SSSR count). The summed E-state index contributed by atoms with van der Waals surface area (Å²) < 4.78 is 23.3. The number of hydrogen-bond acceptors (Lipinski definition) is 6. The van der Waals surface area contributed by atoms with Crippen LogP contribution >= 0.6 is 7.82 Å². The lowest BCUT2D eigenvalue weighted by molar-refractivity contribution is -0.870. The average molecular weight is 881 g/mol. The van der Waals surface area contributed by atoms with Gasteiger partial charge < -0.3 is 28.8 Å². The maximum absolute atomic E-state index is 12.9. The standard InChI is InChI=1S/C52H101N2O6P/c1-6-8-10-12-14-16-18-20-22-24-26-27-28-30-32-34-36-38-40-42-44-46-52(56)53-50(49-60-61(57,58)59-48-47-54(3,4)5)51(55)45-43-41-39-37-35-33-31-29-25-23-21-19-17-15-13-11-9-7-2/h27-28,35,37,43,45,50-51,55H,6-26,29-34,36,38-42,44,46-49H2,1-5H3,(H-,53,56,57,58)/b28-27-,37-35+,45-43+. The molecule has 0 saturated heterocycles. The number of carbonyl (C=O) groups is 1. The van der Waals surface area contributed by atoms with Gasteiger partial charge in [-0.1, -0.05) is 211 Å². The van der Waals surface area contributed by atoms with Crippen LogP contribution in [-0.2, 0) is 18.4 Å². The molecule has 0 fully saturated rings. The first-order valence-electron chi connectivity index (χ1n) is 25.9. The Morgan fingerprint density at radius 2 is 0.918 bits per heavy atom. The molecule has 360 valence electrons. The fourth-order valence-corrected chi connectivity index (χ4v) is 8.18. The Balaban J connectivity index is 4.35. The van der Waals surface area contributed by atoms with Gasteiger partial charge in [0.2, 0.25) is 5.91 Å². The largest absolute Gasteiger partial charge is 0.756 e. The van der Waals surface area contributed by atoms with E-state index in [1.54, 1.807) is 6.08 Å². The third-order valence-corrected chi connectivity index (χ3v) is 12.5. The Morgan fingerprint density at radius 3 is 1.33 bits per heavy atom. The number of amides is 1. The molecular weight excluding hydrogens is 780 g/mol. The van der Waals surface area contributed by atoms with Crippen LogP contribution in [0.3, 0.4) is 0 Å². The number of unbranched alkanes of at least 4 members (excludes halogenated alkanes) is 30. The Labute approximate surface area is 378 Å². The zero-order valence-electron chi connectivity index (χ0n) is 40.9. The number of likely N-dealkylation sites (N-methyl/N-ethyl adjacent to an activating group) is 1. The van der Waals surface area contributed by atoms with Crippen LogP contribution in [0.2, 0.25) is 0 Å². The summed E-state index contributed by atoms with van der Waals surface area (Å²) in [6, 6.07) is -0.904. The van der Waals surface area contributed by atoms with Crippen molar-refractivity contribution in [2.24, 2.45) is 0 Å². The van der Waals surface area contributed by atoms with E-state index in [4.69, 9.17) is 9.05 Å². The van der Waals surface area contributed by atoms with Gasteiger partial charge in [0.15, 0.2) is 0 Å². The topological polar surface area (TPSA) is 108 Å². The van der Waals surface area contributed by atoms with E-state index < -0.39 is 26.6 Å². The van der Waals surface area contributed by atoms with Gasteiger partial charge in [-0.2, -0.15) is 0 Å². The van der Waals surface area contributed by atoms with Crippen LogP contribution in [0.5, 0.6) is 0 Å². The van der Waals surface area contributed by atoms with Gasteiger partial charge in [0.05, 0.1) is 39.9 Å². The minimum absolute atomic E-state index is 0.00684. The highest BCUT2D eigenvalue weighted by Gasteiger charge is 2.23. The van der Waals surface area contributed by atoms with Gasteiger partial charge in [-0.25, -0.2) is 0 Å². The van der Waals surface area contributed by atoms with Gasteiger partial charge in [-0.3, -0.25) is 9.36 Å². The molecule has 2 N–H and O–H groups in total. The van der Waals surface area contributed by atoms with Crippen LogP contribution in [0, 0.1) is 0 Å². The van der Waals surface area contributed by atoms with Crippen molar-refractivity contribution in [3.63, 3.8) is 0 Å². The van der Waals surface area contributed by atoms with Crippen LogP contribution < -0.4 is 10.2 Å². The average Bonchev–Trinajstić information content (AvgIpc) is 3.21. The van der Waals surface area contributed by atoms with Crippen LogP contribution in [0.15, 0.2) is 36.5 Å². The van der Waals surface area contributed by atoms with Gasteiger partial charge in [0, 0.05) is 6.42 Å². The maximum atomic E-state index is 12.9. The summed E-state index contributed by atoms with van der Waals surface area (Å²) in [5.74, 6) is -0.210. The van der Waals surface area contributed by atoms with Crippen LogP contribution in [-0.4, -0.2) is 68.5 Å². The highest BCUT2D eigenvalue weighted by molar-refractivity contribution is 7.45. The minimum Gasteiger partial charge on any atom is -0.756 e. The lowest BCUT2D eigenvalue weighted by atomic mass is 10.0. The molecule has 0 aromatic rings. The Bertz CT molecular complexity index is 1090. The first-order chi connectivity index (χ1) is 29.5. The molecule has 8 nitrogen and oxygen atoms in total. The first kappa shape index (κ1) is 59.7. The third-order valence-electron chi connectivity index (χ3n) is 11.6. The van der Waals surface area contributed by atoms with E-state index in [-0.39, 0.29) is 12.5 Å². The molecule has 0 aromatic heterocycles. The summed E-state index contributed by atoms with van der Waals surface area (Å²) in [7, 11) is 1.24. The van der Waals surface area contributed by atoms with E-state index >= 15 is 0 Å². The normalized spacial score (nSPS) is 14.4. The zero-order valence-corrected chi connectivity index (χ0v) is 41.8. The Morgan fingerprint density at radius 1 is 0.557 bits per heavy atom. The molecule has 3 unspecified atom stereocenters. The molecule has 0 spiro atoms. The van der Waals surface area contributed by atoms with E-state index in [9.17, 15) is 19.4 Å². The van der Waals surface area contributed by atoms with Crippen molar-refractivity contribution in [1.82, 2.24) is 5.32 Å². The third kappa shape index (κ3) is 46.5. The summed E-state index contributed by atoms with van der Waals surface area (Å²) >= 11 is 0. The van der Waals surface area contributed by atoms with Crippen LogP contribution in [0.1, 0.15) is 239 Å². The van der Waals surface area contributed by atoms with Gasteiger partial charge in [0.1, 0.15) is 13.2 Å². The number of aliphatic hydroxyl groups excluding tert-OH is 1. The number of phosphoric acid groups is 1. The number of quaternary nitrogens is 1. The predicted octanol–water partition coefficient (Wildman–Crippen LogP) is 14.4. The highest BCUT2D eigenvalue weighted by atomic mass is 31.2. The van der Waals surface area contributed by atoms with E-state index in [1.807, 2.05) is 27.2 Å². The predicted molar refractivity (Wildman–Crippen MR) is 261 cm³/mol. The molecule has 0 aromatic carbocycles. The van der Waals surface area contributed by atoms with Crippen molar-refractivity contribution in [3.05, 3.63) is 36.5 Å². The molecule has 0 aliphatic rings. The lowest BCUT2D eigenvalue weighted by Gasteiger charge is -2.29. The molecule has 9 heteroatoms. The van der Waals surface area contributed by atoms with E-state index in [0.29, 0.717) is 17.4 Å². The molecule has 3 atom stereocenters. The van der Waals surface area contributed by atoms with Gasteiger partial charge in [-0.05, 0) is 57.8 Å². The van der Waals surface area contributed by atoms with Gasteiger partial charge in [0.25, 0.3) is 7.82 Å². The van der Waals surface area contributed by atoms with Gasteiger partial charge >= 0.3 is 0 Å². The summed E-state index contributed by atoms with van der Waals surface area (Å²) in [4.78, 5) is 25.4. The molecule has 0 bridgehead atoms. The minimum atomic E-state index is -4.60. The number of nitrogens with zero attached hydrogens (tertiary/aromatic N) is 1. The van der Waals surface area contributed by atoms with Crippen molar-refractivity contribution in [1.29, 1.82) is 0 Å². The number of hydrogen-bond donors (Lipinski definition) is 2. The maximum Gasteiger partial charge on any atom is 0.268 e. The number of nitrogens with one attached hydrogen (secondary N) is 1. The number of aliphatic hydroxyl groups is 1. The molecule has 0 aliphatic carbocycles. The Hall–Kier alpha value is -1.28. The number of carbonyl (C=O) groups excluding carboxylic acids is 1. The van der Waals surface area contributed by atoms with Crippen molar-refractivity contribution in [2.75, 3.05) is 40.9 Å². The fourth-order valence-electron chi connectivity index (χ4n) is 7.46. The second kappa shape index (κ2) is 43.9. The molecule has 0 radical (unpaired) electrons. The molecule has 1 amide bonds. The molecule has 0 aliphatic heterocycles. The fraction of sp³-hybridized carbons (Fsp3) is 0.865.